The first-order valence-corrected chi connectivity index (χ1v) is 3.49. The minimum absolute atomic E-state index is 0.146. The Morgan fingerprint density at radius 1 is 1.82 bits per heavy atom. The highest BCUT2D eigenvalue weighted by Crippen LogP contribution is 2.11. The van der Waals surface area contributed by atoms with Crippen molar-refractivity contribution in [2.45, 2.75) is 12.6 Å². The summed E-state index contributed by atoms with van der Waals surface area (Å²) in [5.41, 5.74) is 0. The van der Waals surface area contributed by atoms with E-state index in [2.05, 4.69) is 4.85 Å². The number of halogens is 1. The van der Waals surface area contributed by atoms with Crippen molar-refractivity contribution in [1.29, 1.82) is 0 Å². The molecule has 4 heteroatoms. The average Bonchev–Trinajstić information content (AvgIpc) is 2.36. The number of likely N-dealkylation sites (tertiary alicyclic amines) is 1. The number of nitrogens with zero attached hydrogens (tertiary/aromatic N) is 2. The summed E-state index contributed by atoms with van der Waals surface area (Å²) in [4.78, 5) is 15.3. The maximum absolute atomic E-state index is 12.5. The zero-order chi connectivity index (χ0) is 8.27. The SMILES string of the molecule is [C-]#[N+]CC(=O)N1CC[C@H](F)C1. The monoisotopic (exact) mass is 156 g/mol. The second kappa shape index (κ2) is 3.33. The molecule has 0 radical (unpaired) electrons. The molecule has 0 N–H and O–H groups in total. The highest BCUT2D eigenvalue weighted by Gasteiger charge is 2.26. The molecule has 0 aliphatic carbocycles. The average molecular weight is 156 g/mol. The molecule has 60 valence electrons. The van der Waals surface area contributed by atoms with Gasteiger partial charge in [0.2, 0.25) is 0 Å². The van der Waals surface area contributed by atoms with Gasteiger partial charge in [-0.1, -0.05) is 0 Å². The summed E-state index contributed by atoms with van der Waals surface area (Å²) in [6, 6.07) is 0. The van der Waals surface area contributed by atoms with Crippen LogP contribution in [0, 0.1) is 6.57 Å². The van der Waals surface area contributed by atoms with Gasteiger partial charge >= 0.3 is 5.91 Å². The van der Waals surface area contributed by atoms with Gasteiger partial charge in [-0.3, -0.25) is 4.79 Å². The molecule has 0 saturated carbocycles. The normalized spacial score (nSPS) is 23.3. The first kappa shape index (κ1) is 7.99. The molecular formula is C7H9FN2O. The zero-order valence-electron chi connectivity index (χ0n) is 6.09. The highest BCUT2D eigenvalue weighted by atomic mass is 19.1. The van der Waals surface area contributed by atoms with Crippen molar-refractivity contribution in [2.75, 3.05) is 19.6 Å². The Kier molecular flexibility index (Phi) is 2.42. The number of rotatable bonds is 1. The molecule has 0 aromatic rings. The minimum atomic E-state index is -0.885. The Balaban J connectivity index is 2.38. The van der Waals surface area contributed by atoms with Crippen LogP contribution in [0.2, 0.25) is 0 Å². The smallest absolute Gasteiger partial charge is 0.302 e. The van der Waals surface area contributed by atoms with Gasteiger partial charge in [-0.05, 0) is 6.42 Å². The summed E-state index contributed by atoms with van der Waals surface area (Å²) in [5.74, 6) is -0.250. The van der Waals surface area contributed by atoms with Crippen molar-refractivity contribution in [3.63, 3.8) is 0 Å². The third-order valence-electron chi connectivity index (χ3n) is 1.70. The van der Waals surface area contributed by atoms with Crippen LogP contribution in [0.15, 0.2) is 0 Å². The van der Waals surface area contributed by atoms with Gasteiger partial charge < -0.3 is 9.74 Å². The Hall–Kier alpha value is -1.11. The second-order valence-electron chi connectivity index (χ2n) is 2.54. The van der Waals surface area contributed by atoms with Crippen LogP contribution >= 0.6 is 0 Å². The van der Waals surface area contributed by atoms with Crippen molar-refractivity contribution in [3.8, 4) is 0 Å². The van der Waals surface area contributed by atoms with Gasteiger partial charge in [0, 0.05) is 6.54 Å². The Morgan fingerprint density at radius 3 is 3.00 bits per heavy atom. The summed E-state index contributed by atoms with van der Waals surface area (Å²) in [6.07, 6.45) is -0.464. The molecule has 1 aliphatic heterocycles. The first-order valence-electron chi connectivity index (χ1n) is 3.49. The van der Waals surface area contributed by atoms with E-state index < -0.39 is 6.17 Å². The number of alkyl halides is 1. The lowest BCUT2D eigenvalue weighted by Crippen LogP contribution is -2.30. The van der Waals surface area contributed by atoms with Gasteiger partial charge in [-0.2, -0.15) is 0 Å². The molecule has 1 atom stereocenters. The molecular weight excluding hydrogens is 147 g/mol. The van der Waals surface area contributed by atoms with E-state index in [0.29, 0.717) is 13.0 Å². The van der Waals surface area contributed by atoms with Gasteiger partial charge in [0.15, 0.2) is 0 Å². The van der Waals surface area contributed by atoms with E-state index >= 15 is 0 Å². The van der Waals surface area contributed by atoms with Crippen molar-refractivity contribution in [2.24, 2.45) is 0 Å². The van der Waals surface area contributed by atoms with Gasteiger partial charge in [0.1, 0.15) is 6.17 Å². The van der Waals surface area contributed by atoms with Crippen LogP contribution < -0.4 is 0 Å². The maximum atomic E-state index is 12.5. The van der Waals surface area contributed by atoms with Crippen LogP contribution in [0.25, 0.3) is 4.85 Å². The largest absolute Gasteiger partial charge is 0.333 e. The zero-order valence-corrected chi connectivity index (χ0v) is 6.09. The molecule has 1 amide bonds. The molecule has 0 spiro atoms. The van der Waals surface area contributed by atoms with Gasteiger partial charge in [-0.25, -0.2) is 11.0 Å². The summed E-state index contributed by atoms with van der Waals surface area (Å²) in [7, 11) is 0. The first-order chi connectivity index (χ1) is 5.24. The van der Waals surface area contributed by atoms with E-state index in [-0.39, 0.29) is 19.0 Å². The standard InChI is InChI=1S/C7H9FN2O/c1-9-4-7(11)10-3-2-6(8)5-10/h6H,2-5H2/t6-/m0/s1. The van der Waals surface area contributed by atoms with Crippen LogP contribution in [0.3, 0.4) is 0 Å². The lowest BCUT2D eigenvalue weighted by Gasteiger charge is -2.10. The summed E-state index contributed by atoms with van der Waals surface area (Å²) in [5, 5.41) is 0. The van der Waals surface area contributed by atoms with Gasteiger partial charge in [-0.15, -0.1) is 0 Å². The van der Waals surface area contributed by atoms with Crippen LogP contribution in [0.5, 0.6) is 0 Å². The molecule has 1 aliphatic rings. The Labute approximate surface area is 64.6 Å². The van der Waals surface area contributed by atoms with E-state index in [1.54, 1.807) is 0 Å². The summed E-state index contributed by atoms with van der Waals surface area (Å²) < 4.78 is 12.5. The molecule has 1 saturated heterocycles. The fourth-order valence-corrected chi connectivity index (χ4v) is 1.11. The molecule has 0 unspecified atom stereocenters. The fourth-order valence-electron chi connectivity index (χ4n) is 1.11. The van der Waals surface area contributed by atoms with E-state index in [1.807, 2.05) is 0 Å². The van der Waals surface area contributed by atoms with Crippen LogP contribution in [-0.2, 0) is 4.79 Å². The predicted molar refractivity (Wildman–Crippen MR) is 37.6 cm³/mol. The van der Waals surface area contributed by atoms with E-state index in [0.717, 1.165) is 0 Å². The van der Waals surface area contributed by atoms with Crippen LogP contribution in [0.4, 0.5) is 4.39 Å². The van der Waals surface area contributed by atoms with Crippen molar-refractivity contribution >= 4 is 5.91 Å². The Bertz CT molecular complexity index is 199. The summed E-state index contributed by atoms with van der Waals surface area (Å²) in [6.45, 7) is 6.93. The lowest BCUT2D eigenvalue weighted by atomic mass is 10.3. The molecule has 3 nitrogen and oxygen atoms in total. The third kappa shape index (κ3) is 1.90. The predicted octanol–water partition coefficient (Wildman–Crippen LogP) is 0.476. The van der Waals surface area contributed by atoms with Crippen molar-refractivity contribution < 1.29 is 9.18 Å². The van der Waals surface area contributed by atoms with E-state index in [1.165, 1.54) is 4.90 Å². The summed E-state index contributed by atoms with van der Waals surface area (Å²) >= 11 is 0. The van der Waals surface area contributed by atoms with Crippen LogP contribution in [0.1, 0.15) is 6.42 Å². The van der Waals surface area contributed by atoms with Crippen molar-refractivity contribution in [3.05, 3.63) is 11.4 Å². The molecule has 11 heavy (non-hydrogen) atoms. The topological polar surface area (TPSA) is 24.7 Å². The lowest BCUT2D eigenvalue weighted by molar-refractivity contribution is -0.128. The minimum Gasteiger partial charge on any atom is -0.333 e. The number of carbonyl (C=O) groups excluding carboxylic acids is 1. The molecule has 1 rings (SSSR count). The molecule has 1 fully saturated rings. The Morgan fingerprint density at radius 2 is 2.55 bits per heavy atom. The van der Waals surface area contributed by atoms with E-state index in [4.69, 9.17) is 6.57 Å². The number of carbonyl (C=O) groups is 1. The van der Waals surface area contributed by atoms with Gasteiger partial charge in [0.25, 0.3) is 6.54 Å². The second-order valence-corrected chi connectivity index (χ2v) is 2.54. The molecule has 0 aromatic carbocycles. The molecule has 1 heterocycles. The fraction of sp³-hybridized carbons (Fsp3) is 0.714. The maximum Gasteiger partial charge on any atom is 0.302 e. The number of hydrogen-bond donors (Lipinski definition) is 0. The highest BCUT2D eigenvalue weighted by molar-refractivity contribution is 5.79. The van der Waals surface area contributed by atoms with E-state index in [9.17, 15) is 9.18 Å². The number of hydrogen-bond acceptors (Lipinski definition) is 1. The third-order valence-corrected chi connectivity index (χ3v) is 1.70. The molecule has 0 aromatic heterocycles. The van der Waals surface area contributed by atoms with Gasteiger partial charge in [0.05, 0.1) is 6.54 Å². The van der Waals surface area contributed by atoms with Crippen LogP contribution in [-0.4, -0.2) is 36.6 Å². The number of amides is 1. The quantitative estimate of drug-likeness (QED) is 0.507. The van der Waals surface area contributed by atoms with Crippen molar-refractivity contribution in [1.82, 2.24) is 4.90 Å². The molecule has 0 bridgehead atoms.